The van der Waals surface area contributed by atoms with E-state index < -0.39 is 6.04 Å². The summed E-state index contributed by atoms with van der Waals surface area (Å²) in [6.45, 7) is 5.94. The molecule has 0 aliphatic carbocycles. The molecule has 3 nitrogen and oxygen atoms in total. The van der Waals surface area contributed by atoms with Crippen LogP contribution in [0.15, 0.2) is 60.7 Å². The highest BCUT2D eigenvalue weighted by molar-refractivity contribution is 5.86. The van der Waals surface area contributed by atoms with Gasteiger partial charge in [0.15, 0.2) is 0 Å². The number of anilines is 1. The number of para-hydroxylation sites is 1. The molecule has 1 atom stereocenters. The van der Waals surface area contributed by atoms with Crippen LogP contribution in [-0.2, 0) is 4.79 Å². The van der Waals surface area contributed by atoms with Gasteiger partial charge in [-0.25, -0.2) is 0 Å². The SMILES string of the molecule is CC(C)(C)NC(=O)[C@@H](Nc1ccccc1)c1ccccc1. The zero-order chi connectivity index (χ0) is 15.3. The maximum atomic E-state index is 12.6. The molecule has 0 bridgehead atoms. The maximum absolute atomic E-state index is 12.6. The average molecular weight is 282 g/mol. The Kier molecular flexibility index (Phi) is 4.63. The van der Waals surface area contributed by atoms with E-state index in [9.17, 15) is 4.79 Å². The Morgan fingerprint density at radius 3 is 1.95 bits per heavy atom. The number of hydrogen-bond donors (Lipinski definition) is 2. The minimum Gasteiger partial charge on any atom is -0.370 e. The minimum atomic E-state index is -0.409. The third-order valence-electron chi connectivity index (χ3n) is 2.98. The van der Waals surface area contributed by atoms with Crippen molar-refractivity contribution in [3.63, 3.8) is 0 Å². The quantitative estimate of drug-likeness (QED) is 0.896. The summed E-state index contributed by atoms with van der Waals surface area (Å²) in [5, 5.41) is 6.34. The van der Waals surface area contributed by atoms with E-state index >= 15 is 0 Å². The first kappa shape index (κ1) is 15.1. The van der Waals surface area contributed by atoms with E-state index in [1.54, 1.807) is 0 Å². The number of hydrogen-bond acceptors (Lipinski definition) is 2. The van der Waals surface area contributed by atoms with Crippen LogP contribution in [0, 0.1) is 0 Å². The van der Waals surface area contributed by atoms with E-state index in [0.717, 1.165) is 11.3 Å². The Bertz CT molecular complexity index is 573. The van der Waals surface area contributed by atoms with Crippen molar-refractivity contribution in [1.29, 1.82) is 0 Å². The van der Waals surface area contributed by atoms with Gasteiger partial charge in [-0.15, -0.1) is 0 Å². The van der Waals surface area contributed by atoms with Gasteiger partial charge in [0.1, 0.15) is 6.04 Å². The molecule has 0 spiro atoms. The van der Waals surface area contributed by atoms with E-state index in [1.165, 1.54) is 0 Å². The fourth-order valence-electron chi connectivity index (χ4n) is 2.09. The standard InChI is InChI=1S/C18H22N2O/c1-18(2,3)20-17(21)16(14-10-6-4-7-11-14)19-15-12-8-5-9-13-15/h4-13,16,19H,1-3H3,(H,20,21)/t16-/m0/s1. The zero-order valence-electron chi connectivity index (χ0n) is 12.8. The lowest BCUT2D eigenvalue weighted by molar-refractivity contribution is -0.123. The monoisotopic (exact) mass is 282 g/mol. The molecule has 2 aromatic rings. The molecule has 0 radical (unpaired) electrons. The number of nitrogens with one attached hydrogen (secondary N) is 2. The first-order valence-corrected chi connectivity index (χ1v) is 7.14. The summed E-state index contributed by atoms with van der Waals surface area (Å²) in [6, 6.07) is 19.1. The fourth-order valence-corrected chi connectivity index (χ4v) is 2.09. The highest BCUT2D eigenvalue weighted by Crippen LogP contribution is 2.20. The second-order valence-corrected chi connectivity index (χ2v) is 6.09. The molecule has 0 heterocycles. The van der Waals surface area contributed by atoms with Gasteiger partial charge >= 0.3 is 0 Å². The van der Waals surface area contributed by atoms with Crippen LogP contribution in [0.25, 0.3) is 0 Å². The van der Waals surface area contributed by atoms with Gasteiger partial charge in [-0.3, -0.25) is 4.79 Å². The predicted molar refractivity (Wildman–Crippen MR) is 87.1 cm³/mol. The molecule has 21 heavy (non-hydrogen) atoms. The van der Waals surface area contributed by atoms with Crippen LogP contribution < -0.4 is 10.6 Å². The molecule has 2 rings (SSSR count). The van der Waals surface area contributed by atoms with Crippen LogP contribution in [0.1, 0.15) is 32.4 Å². The van der Waals surface area contributed by atoms with Gasteiger partial charge in [-0.2, -0.15) is 0 Å². The van der Waals surface area contributed by atoms with Gasteiger partial charge in [0.25, 0.3) is 0 Å². The lowest BCUT2D eigenvalue weighted by Crippen LogP contribution is -2.44. The van der Waals surface area contributed by atoms with E-state index in [2.05, 4.69) is 10.6 Å². The van der Waals surface area contributed by atoms with Gasteiger partial charge in [0, 0.05) is 11.2 Å². The maximum Gasteiger partial charge on any atom is 0.247 e. The van der Waals surface area contributed by atoms with Crippen LogP contribution in [0.4, 0.5) is 5.69 Å². The Morgan fingerprint density at radius 2 is 1.43 bits per heavy atom. The summed E-state index contributed by atoms with van der Waals surface area (Å²) in [6.07, 6.45) is 0. The average Bonchev–Trinajstić information content (AvgIpc) is 2.45. The zero-order valence-corrected chi connectivity index (χ0v) is 12.8. The summed E-state index contributed by atoms with van der Waals surface area (Å²) in [5.74, 6) is -0.0300. The van der Waals surface area contributed by atoms with Crippen molar-refractivity contribution >= 4 is 11.6 Å². The summed E-state index contributed by atoms with van der Waals surface area (Å²) in [5.41, 5.74) is 1.61. The Balaban J connectivity index is 2.25. The molecular formula is C18H22N2O. The van der Waals surface area contributed by atoms with Crippen molar-refractivity contribution in [3.05, 3.63) is 66.2 Å². The first-order chi connectivity index (χ1) is 9.96. The topological polar surface area (TPSA) is 41.1 Å². The molecule has 2 N–H and O–H groups in total. The van der Waals surface area contributed by atoms with Crippen LogP contribution in [0.2, 0.25) is 0 Å². The van der Waals surface area contributed by atoms with Gasteiger partial charge in [-0.1, -0.05) is 48.5 Å². The number of carbonyl (C=O) groups is 1. The molecule has 3 heteroatoms. The highest BCUT2D eigenvalue weighted by atomic mass is 16.2. The second-order valence-electron chi connectivity index (χ2n) is 6.09. The fraction of sp³-hybridized carbons (Fsp3) is 0.278. The van der Waals surface area contributed by atoms with Gasteiger partial charge in [0.05, 0.1) is 0 Å². The highest BCUT2D eigenvalue weighted by Gasteiger charge is 2.24. The van der Waals surface area contributed by atoms with E-state index in [-0.39, 0.29) is 11.4 Å². The molecule has 0 saturated carbocycles. The normalized spacial score (nSPS) is 12.5. The van der Waals surface area contributed by atoms with E-state index in [1.807, 2.05) is 81.4 Å². The first-order valence-electron chi connectivity index (χ1n) is 7.14. The Morgan fingerprint density at radius 1 is 0.905 bits per heavy atom. The van der Waals surface area contributed by atoms with Gasteiger partial charge in [-0.05, 0) is 38.5 Å². The lowest BCUT2D eigenvalue weighted by atomic mass is 10.0. The number of benzene rings is 2. The minimum absolute atomic E-state index is 0.0300. The smallest absolute Gasteiger partial charge is 0.247 e. The summed E-state index contributed by atoms with van der Waals surface area (Å²) in [4.78, 5) is 12.6. The Labute approximate surface area is 126 Å². The largest absolute Gasteiger partial charge is 0.370 e. The molecule has 110 valence electrons. The predicted octanol–water partition coefficient (Wildman–Crippen LogP) is 3.75. The Hall–Kier alpha value is -2.29. The van der Waals surface area contributed by atoms with Gasteiger partial charge in [0.2, 0.25) is 5.91 Å². The third kappa shape index (κ3) is 4.63. The molecular weight excluding hydrogens is 260 g/mol. The molecule has 0 aliphatic heterocycles. The van der Waals surface area contributed by atoms with Crippen molar-refractivity contribution in [2.45, 2.75) is 32.4 Å². The van der Waals surface area contributed by atoms with Crippen LogP contribution >= 0.6 is 0 Å². The van der Waals surface area contributed by atoms with Crippen molar-refractivity contribution in [2.24, 2.45) is 0 Å². The summed E-state index contributed by atoms with van der Waals surface area (Å²) in [7, 11) is 0. The molecule has 0 aliphatic rings. The number of rotatable bonds is 4. The van der Waals surface area contributed by atoms with Crippen LogP contribution in [0.5, 0.6) is 0 Å². The van der Waals surface area contributed by atoms with Crippen molar-refractivity contribution in [1.82, 2.24) is 5.32 Å². The second kappa shape index (κ2) is 6.44. The molecule has 2 aromatic carbocycles. The number of amides is 1. The van der Waals surface area contributed by atoms with E-state index in [4.69, 9.17) is 0 Å². The lowest BCUT2D eigenvalue weighted by Gasteiger charge is -2.26. The number of carbonyl (C=O) groups excluding carboxylic acids is 1. The molecule has 0 unspecified atom stereocenters. The van der Waals surface area contributed by atoms with Crippen LogP contribution in [-0.4, -0.2) is 11.4 Å². The summed E-state index contributed by atoms with van der Waals surface area (Å²) >= 11 is 0. The molecule has 1 amide bonds. The van der Waals surface area contributed by atoms with Crippen LogP contribution in [0.3, 0.4) is 0 Å². The summed E-state index contributed by atoms with van der Waals surface area (Å²) < 4.78 is 0. The molecule has 0 aromatic heterocycles. The molecule has 0 fully saturated rings. The van der Waals surface area contributed by atoms with Crippen molar-refractivity contribution in [2.75, 3.05) is 5.32 Å². The van der Waals surface area contributed by atoms with Gasteiger partial charge < -0.3 is 10.6 Å². The van der Waals surface area contributed by atoms with Crippen molar-refractivity contribution < 1.29 is 4.79 Å². The van der Waals surface area contributed by atoms with E-state index in [0.29, 0.717) is 0 Å². The third-order valence-corrected chi connectivity index (χ3v) is 2.98. The molecule has 0 saturated heterocycles. The van der Waals surface area contributed by atoms with Crippen molar-refractivity contribution in [3.8, 4) is 0 Å².